The topological polar surface area (TPSA) is 57.6 Å². The fourth-order valence-corrected chi connectivity index (χ4v) is 2.70. The summed E-state index contributed by atoms with van der Waals surface area (Å²) in [4.78, 5) is 0. The Morgan fingerprint density at radius 1 is 1.64 bits per heavy atom. The predicted octanol–water partition coefficient (Wildman–Crippen LogP) is -0.0733. The molecule has 0 aliphatic carbocycles. The summed E-state index contributed by atoms with van der Waals surface area (Å²) in [6.45, 7) is 0.281. The molecule has 0 amide bonds. The van der Waals surface area contributed by atoms with E-state index in [1.165, 1.54) is 0 Å². The lowest BCUT2D eigenvalue weighted by atomic mass is 10.2. The van der Waals surface area contributed by atoms with Crippen molar-refractivity contribution >= 4 is 19.9 Å². The van der Waals surface area contributed by atoms with Crippen molar-refractivity contribution in [3.05, 3.63) is 0 Å². The molecule has 0 radical (unpaired) electrons. The van der Waals surface area contributed by atoms with Crippen LogP contribution in [0.5, 0.6) is 0 Å². The lowest BCUT2D eigenvalue weighted by Gasteiger charge is -2.17. The minimum atomic E-state index is -3.62. The first kappa shape index (κ1) is 9.25. The molecule has 1 aliphatic heterocycles. The lowest BCUT2D eigenvalue weighted by molar-refractivity contribution is 0.215. The Kier molecular flexibility index (Phi) is 2.74. The average molecular weight is 200 g/mol. The third kappa shape index (κ3) is 2.05. The molecule has 66 valence electrons. The monoisotopic (exact) mass is 199 g/mol. The van der Waals surface area contributed by atoms with E-state index in [2.05, 4.69) is 0 Å². The minimum Gasteiger partial charge on any atom is -0.395 e. The van der Waals surface area contributed by atoms with Crippen molar-refractivity contribution in [3.8, 4) is 0 Å². The SMILES string of the molecule is O=S(=O)(Cl)N1CCC[C@H]1CO. The van der Waals surface area contributed by atoms with Crippen LogP contribution < -0.4 is 0 Å². The first-order valence-corrected chi connectivity index (χ1v) is 5.64. The van der Waals surface area contributed by atoms with Crippen molar-refractivity contribution in [2.24, 2.45) is 0 Å². The van der Waals surface area contributed by atoms with Crippen molar-refractivity contribution in [3.63, 3.8) is 0 Å². The molecule has 4 nitrogen and oxygen atoms in total. The Balaban J connectivity index is 2.72. The number of hydrogen-bond acceptors (Lipinski definition) is 3. The normalized spacial score (nSPS) is 27.6. The van der Waals surface area contributed by atoms with Crippen LogP contribution >= 0.6 is 10.7 Å². The Hall–Kier alpha value is 0.160. The smallest absolute Gasteiger partial charge is 0.300 e. The highest BCUT2D eigenvalue weighted by Gasteiger charge is 2.31. The summed E-state index contributed by atoms with van der Waals surface area (Å²) in [5, 5.41) is 8.74. The second kappa shape index (κ2) is 3.26. The van der Waals surface area contributed by atoms with E-state index in [1.54, 1.807) is 0 Å². The number of nitrogens with zero attached hydrogens (tertiary/aromatic N) is 1. The van der Waals surface area contributed by atoms with Gasteiger partial charge in [-0.25, -0.2) is 0 Å². The van der Waals surface area contributed by atoms with E-state index in [1.807, 2.05) is 0 Å². The molecule has 0 spiro atoms. The van der Waals surface area contributed by atoms with Crippen LogP contribution in [0.1, 0.15) is 12.8 Å². The Morgan fingerprint density at radius 3 is 2.64 bits per heavy atom. The number of hydrogen-bond donors (Lipinski definition) is 1. The molecule has 0 aromatic rings. The Morgan fingerprint density at radius 2 is 2.27 bits per heavy atom. The van der Waals surface area contributed by atoms with Gasteiger partial charge in [0.1, 0.15) is 0 Å². The molecule has 0 aromatic carbocycles. The van der Waals surface area contributed by atoms with Gasteiger partial charge in [-0.3, -0.25) is 0 Å². The van der Waals surface area contributed by atoms with Gasteiger partial charge >= 0.3 is 0 Å². The van der Waals surface area contributed by atoms with Gasteiger partial charge in [0.25, 0.3) is 9.24 Å². The van der Waals surface area contributed by atoms with E-state index in [0.29, 0.717) is 13.0 Å². The highest BCUT2D eigenvalue weighted by molar-refractivity contribution is 8.11. The summed E-state index contributed by atoms with van der Waals surface area (Å²) < 4.78 is 22.7. The van der Waals surface area contributed by atoms with Crippen LogP contribution in [0.2, 0.25) is 0 Å². The van der Waals surface area contributed by atoms with E-state index in [4.69, 9.17) is 15.8 Å². The van der Waals surface area contributed by atoms with Crippen molar-refractivity contribution in [1.29, 1.82) is 0 Å². The summed E-state index contributed by atoms with van der Waals surface area (Å²) in [5.74, 6) is 0. The molecule has 1 N–H and O–H groups in total. The van der Waals surface area contributed by atoms with Crippen LogP contribution in [-0.2, 0) is 9.24 Å². The van der Waals surface area contributed by atoms with Crippen molar-refractivity contribution in [1.82, 2.24) is 4.31 Å². The average Bonchev–Trinajstić information content (AvgIpc) is 2.31. The molecule has 0 unspecified atom stereocenters. The number of aliphatic hydroxyl groups excluding tert-OH is 1. The van der Waals surface area contributed by atoms with Gasteiger partial charge in [0.2, 0.25) is 0 Å². The summed E-state index contributed by atoms with van der Waals surface area (Å²) in [6.07, 6.45) is 1.47. The summed E-state index contributed by atoms with van der Waals surface area (Å²) in [5.41, 5.74) is 0. The van der Waals surface area contributed by atoms with E-state index < -0.39 is 9.24 Å². The second-order valence-corrected chi connectivity index (χ2v) is 4.99. The number of halogens is 1. The van der Waals surface area contributed by atoms with Crippen LogP contribution in [0, 0.1) is 0 Å². The molecule has 0 saturated carbocycles. The van der Waals surface area contributed by atoms with Crippen LogP contribution in [0.4, 0.5) is 0 Å². The molecule has 1 saturated heterocycles. The quantitative estimate of drug-likeness (QED) is 0.634. The van der Waals surface area contributed by atoms with E-state index in [9.17, 15) is 8.42 Å². The van der Waals surface area contributed by atoms with Gasteiger partial charge in [-0.2, -0.15) is 12.7 Å². The first-order chi connectivity index (χ1) is 5.05. The van der Waals surface area contributed by atoms with Gasteiger partial charge < -0.3 is 5.11 Å². The molecule has 1 heterocycles. The fraction of sp³-hybridized carbons (Fsp3) is 1.00. The number of aliphatic hydroxyl groups is 1. The molecule has 1 fully saturated rings. The zero-order chi connectivity index (χ0) is 8.48. The van der Waals surface area contributed by atoms with Crippen molar-refractivity contribution < 1.29 is 13.5 Å². The highest BCUT2D eigenvalue weighted by Crippen LogP contribution is 2.22. The van der Waals surface area contributed by atoms with Gasteiger partial charge in [0, 0.05) is 23.3 Å². The summed E-state index contributed by atoms with van der Waals surface area (Å²) in [7, 11) is 1.48. The van der Waals surface area contributed by atoms with Gasteiger partial charge in [0.15, 0.2) is 0 Å². The minimum absolute atomic E-state index is 0.147. The zero-order valence-corrected chi connectivity index (χ0v) is 7.48. The van der Waals surface area contributed by atoms with Crippen LogP contribution in [-0.4, -0.2) is 37.0 Å². The molecule has 1 rings (SSSR count). The van der Waals surface area contributed by atoms with Crippen molar-refractivity contribution in [2.45, 2.75) is 18.9 Å². The van der Waals surface area contributed by atoms with Gasteiger partial charge in [0.05, 0.1) is 6.61 Å². The molecule has 11 heavy (non-hydrogen) atoms. The van der Waals surface area contributed by atoms with Crippen LogP contribution in [0.25, 0.3) is 0 Å². The summed E-state index contributed by atoms with van der Waals surface area (Å²) >= 11 is 0. The van der Waals surface area contributed by atoms with Crippen molar-refractivity contribution in [2.75, 3.05) is 13.2 Å². The van der Waals surface area contributed by atoms with Gasteiger partial charge in [-0.15, -0.1) is 0 Å². The Bertz CT molecular complexity index is 228. The maximum atomic E-state index is 10.8. The molecule has 1 aliphatic rings. The van der Waals surface area contributed by atoms with Crippen LogP contribution in [0.15, 0.2) is 0 Å². The maximum absolute atomic E-state index is 10.8. The van der Waals surface area contributed by atoms with Crippen LogP contribution in [0.3, 0.4) is 0 Å². The highest BCUT2D eigenvalue weighted by atomic mass is 35.7. The fourth-order valence-electron chi connectivity index (χ4n) is 1.28. The second-order valence-electron chi connectivity index (χ2n) is 2.53. The Labute approximate surface area is 70.3 Å². The lowest BCUT2D eigenvalue weighted by Crippen LogP contribution is -2.34. The molecular formula is C5H10ClNO3S. The molecule has 0 bridgehead atoms. The van der Waals surface area contributed by atoms with E-state index >= 15 is 0 Å². The molecule has 6 heteroatoms. The predicted molar refractivity (Wildman–Crippen MR) is 41.6 cm³/mol. The number of rotatable bonds is 2. The van der Waals surface area contributed by atoms with Gasteiger partial charge in [-0.05, 0) is 12.8 Å². The maximum Gasteiger partial charge on any atom is 0.300 e. The summed E-state index contributed by atoms with van der Waals surface area (Å²) in [6, 6.07) is -0.308. The standard InChI is InChI=1S/C5H10ClNO3S/c6-11(9,10)7-3-1-2-5(7)4-8/h5,8H,1-4H2/t5-/m0/s1. The van der Waals surface area contributed by atoms with Gasteiger partial charge in [-0.1, -0.05) is 0 Å². The molecule has 0 aromatic heterocycles. The third-order valence-corrected chi connectivity index (χ3v) is 3.39. The van der Waals surface area contributed by atoms with E-state index in [0.717, 1.165) is 10.7 Å². The molecule has 1 atom stereocenters. The third-order valence-electron chi connectivity index (χ3n) is 1.81. The first-order valence-electron chi connectivity index (χ1n) is 3.38. The zero-order valence-electron chi connectivity index (χ0n) is 5.90. The largest absolute Gasteiger partial charge is 0.395 e. The van der Waals surface area contributed by atoms with E-state index in [-0.39, 0.29) is 12.6 Å². The molecular weight excluding hydrogens is 190 g/mol.